The Morgan fingerprint density at radius 2 is 2.17 bits per heavy atom. The number of hydrogen-bond donors (Lipinski definition) is 3. The van der Waals surface area contributed by atoms with Gasteiger partial charge in [0.05, 0.1) is 12.1 Å². The Morgan fingerprint density at radius 1 is 1.50 bits per heavy atom. The quantitative estimate of drug-likeness (QED) is 0.714. The van der Waals surface area contributed by atoms with Gasteiger partial charge in [0.1, 0.15) is 0 Å². The Balaban J connectivity index is 0.00000289. The van der Waals surface area contributed by atoms with E-state index in [2.05, 4.69) is 24.5 Å². The van der Waals surface area contributed by atoms with Crippen molar-refractivity contribution in [3.8, 4) is 0 Å². The molecule has 1 aliphatic rings. The number of piperidine rings is 1. The van der Waals surface area contributed by atoms with Crippen LogP contribution in [0, 0.1) is 5.41 Å². The molecule has 1 unspecified atom stereocenters. The summed E-state index contributed by atoms with van der Waals surface area (Å²) in [6.45, 7) is 7.47. The van der Waals surface area contributed by atoms with E-state index in [0.717, 1.165) is 25.8 Å². The zero-order valence-corrected chi connectivity index (χ0v) is 12.5. The molecule has 3 N–H and O–H groups in total. The van der Waals surface area contributed by atoms with Crippen molar-refractivity contribution in [2.75, 3.05) is 13.1 Å². The van der Waals surface area contributed by atoms with Crippen molar-refractivity contribution in [2.24, 2.45) is 5.41 Å². The van der Waals surface area contributed by atoms with Gasteiger partial charge in [-0.15, -0.1) is 12.4 Å². The molecular weight excluding hydrogens is 252 g/mol. The summed E-state index contributed by atoms with van der Waals surface area (Å²) in [4.78, 5) is 11.9. The highest BCUT2D eigenvalue weighted by atomic mass is 35.5. The van der Waals surface area contributed by atoms with E-state index in [1.54, 1.807) is 6.92 Å². The highest BCUT2D eigenvalue weighted by molar-refractivity contribution is 5.85. The minimum atomic E-state index is -0.324. The molecule has 1 rings (SSSR count). The predicted octanol–water partition coefficient (Wildman–Crippen LogP) is 1.46. The monoisotopic (exact) mass is 278 g/mol. The molecule has 0 saturated carbocycles. The lowest BCUT2D eigenvalue weighted by atomic mass is 9.87. The van der Waals surface area contributed by atoms with E-state index in [1.165, 1.54) is 0 Å². The van der Waals surface area contributed by atoms with E-state index < -0.39 is 0 Å². The number of carbonyl (C=O) groups is 1. The molecule has 0 spiro atoms. The number of halogens is 1. The van der Waals surface area contributed by atoms with Gasteiger partial charge in [0.15, 0.2) is 0 Å². The molecule has 18 heavy (non-hydrogen) atoms. The Bertz CT molecular complexity index is 251. The summed E-state index contributed by atoms with van der Waals surface area (Å²) in [6, 6.07) is -0.0221. The smallest absolute Gasteiger partial charge is 0.237 e. The van der Waals surface area contributed by atoms with Gasteiger partial charge in [0.25, 0.3) is 0 Å². The summed E-state index contributed by atoms with van der Waals surface area (Å²) >= 11 is 0. The molecule has 0 aromatic rings. The first-order chi connectivity index (χ1) is 7.91. The number of hydrogen-bond acceptors (Lipinski definition) is 3. The normalized spacial score (nSPS) is 21.9. The second kappa shape index (κ2) is 7.97. The van der Waals surface area contributed by atoms with E-state index in [-0.39, 0.29) is 35.9 Å². The van der Waals surface area contributed by atoms with Crippen LogP contribution in [0.3, 0.4) is 0 Å². The molecule has 5 heteroatoms. The average Bonchev–Trinajstić information content (AvgIpc) is 2.25. The van der Waals surface area contributed by atoms with Gasteiger partial charge >= 0.3 is 0 Å². The lowest BCUT2D eigenvalue weighted by Gasteiger charge is -2.28. The highest BCUT2D eigenvalue weighted by Crippen LogP contribution is 2.21. The Labute approximate surface area is 116 Å². The lowest BCUT2D eigenvalue weighted by Crippen LogP contribution is -2.48. The third-order valence-corrected chi connectivity index (χ3v) is 3.22. The molecule has 1 saturated heterocycles. The second-order valence-corrected chi connectivity index (χ2v) is 5.94. The van der Waals surface area contributed by atoms with Crippen molar-refractivity contribution in [1.82, 2.24) is 10.6 Å². The lowest BCUT2D eigenvalue weighted by molar-refractivity contribution is -0.124. The number of nitrogens with one attached hydrogen (secondary N) is 2. The van der Waals surface area contributed by atoms with Crippen molar-refractivity contribution >= 4 is 18.3 Å². The summed E-state index contributed by atoms with van der Waals surface area (Å²) < 4.78 is 0. The number of aliphatic hydroxyl groups is 1. The zero-order valence-electron chi connectivity index (χ0n) is 11.7. The largest absolute Gasteiger partial charge is 0.393 e. The molecule has 0 radical (unpaired) electrons. The van der Waals surface area contributed by atoms with Gasteiger partial charge in [-0.25, -0.2) is 0 Å². The van der Waals surface area contributed by atoms with Crippen LogP contribution in [0.5, 0.6) is 0 Å². The van der Waals surface area contributed by atoms with E-state index in [0.29, 0.717) is 13.0 Å². The van der Waals surface area contributed by atoms with Gasteiger partial charge in [-0.1, -0.05) is 20.3 Å². The minimum Gasteiger partial charge on any atom is -0.393 e. The molecule has 4 nitrogen and oxygen atoms in total. The summed E-state index contributed by atoms with van der Waals surface area (Å²) in [7, 11) is 0. The fourth-order valence-electron chi connectivity index (χ4n) is 2.40. The average molecular weight is 279 g/mol. The third-order valence-electron chi connectivity index (χ3n) is 3.22. The first-order valence-corrected chi connectivity index (χ1v) is 6.60. The van der Waals surface area contributed by atoms with E-state index in [1.807, 2.05) is 0 Å². The van der Waals surface area contributed by atoms with E-state index in [4.69, 9.17) is 0 Å². The molecule has 1 fully saturated rings. The van der Waals surface area contributed by atoms with Crippen molar-refractivity contribution in [3.05, 3.63) is 0 Å². The summed E-state index contributed by atoms with van der Waals surface area (Å²) in [6.07, 6.45) is 3.60. The van der Waals surface area contributed by atoms with Gasteiger partial charge in [-0.05, 0) is 38.1 Å². The SMILES string of the molecule is CC(O)CC(C)(C)CNC(=O)[C@H]1CCCCN1.Cl. The Kier molecular flexibility index (Phi) is 7.83. The Morgan fingerprint density at radius 3 is 2.67 bits per heavy atom. The maximum Gasteiger partial charge on any atom is 0.237 e. The zero-order chi connectivity index (χ0) is 12.9. The molecule has 2 atom stereocenters. The molecule has 0 aromatic heterocycles. The molecular formula is C13H27ClN2O2. The third kappa shape index (κ3) is 6.57. The maximum absolute atomic E-state index is 11.9. The summed E-state index contributed by atoms with van der Waals surface area (Å²) in [5, 5.41) is 15.6. The second-order valence-electron chi connectivity index (χ2n) is 5.94. The minimum absolute atomic E-state index is 0. The van der Waals surface area contributed by atoms with Crippen molar-refractivity contribution in [2.45, 2.75) is 58.6 Å². The maximum atomic E-state index is 11.9. The highest BCUT2D eigenvalue weighted by Gasteiger charge is 2.24. The number of aliphatic hydroxyl groups excluding tert-OH is 1. The molecule has 1 heterocycles. The molecule has 0 aromatic carbocycles. The van der Waals surface area contributed by atoms with Crippen molar-refractivity contribution < 1.29 is 9.90 Å². The first kappa shape index (κ1) is 17.7. The molecule has 0 aliphatic carbocycles. The molecule has 1 amide bonds. The number of carbonyl (C=O) groups excluding carboxylic acids is 1. The number of rotatable bonds is 5. The molecule has 108 valence electrons. The number of amides is 1. The van der Waals surface area contributed by atoms with Crippen molar-refractivity contribution in [3.63, 3.8) is 0 Å². The van der Waals surface area contributed by atoms with Crippen LogP contribution in [-0.4, -0.2) is 36.2 Å². The van der Waals surface area contributed by atoms with Crippen LogP contribution in [0.25, 0.3) is 0 Å². The van der Waals surface area contributed by atoms with Crippen molar-refractivity contribution in [1.29, 1.82) is 0 Å². The van der Waals surface area contributed by atoms with E-state index in [9.17, 15) is 9.90 Å². The van der Waals surface area contributed by atoms with Gasteiger partial charge in [0.2, 0.25) is 5.91 Å². The van der Waals surface area contributed by atoms with Crippen LogP contribution in [0.2, 0.25) is 0 Å². The molecule has 0 bridgehead atoms. The van der Waals surface area contributed by atoms with Crippen LogP contribution in [-0.2, 0) is 4.79 Å². The summed E-state index contributed by atoms with van der Waals surface area (Å²) in [5.74, 6) is 0.100. The van der Waals surface area contributed by atoms with Gasteiger partial charge in [0, 0.05) is 6.54 Å². The van der Waals surface area contributed by atoms with Crippen LogP contribution >= 0.6 is 12.4 Å². The fraction of sp³-hybridized carbons (Fsp3) is 0.923. The molecule has 1 aliphatic heterocycles. The van der Waals surface area contributed by atoms with Crippen LogP contribution in [0.15, 0.2) is 0 Å². The van der Waals surface area contributed by atoms with Gasteiger partial charge in [-0.3, -0.25) is 4.79 Å². The van der Waals surface area contributed by atoms with Gasteiger partial charge < -0.3 is 15.7 Å². The first-order valence-electron chi connectivity index (χ1n) is 6.60. The van der Waals surface area contributed by atoms with Crippen LogP contribution in [0.4, 0.5) is 0 Å². The Hall–Kier alpha value is -0.320. The van der Waals surface area contributed by atoms with Gasteiger partial charge in [-0.2, -0.15) is 0 Å². The fourth-order valence-corrected chi connectivity index (χ4v) is 2.40. The van der Waals surface area contributed by atoms with Crippen LogP contribution in [0.1, 0.15) is 46.5 Å². The standard InChI is InChI=1S/C13H26N2O2.ClH/c1-10(16)8-13(2,3)9-15-12(17)11-6-4-5-7-14-11;/h10-11,14,16H,4-9H2,1-3H3,(H,15,17);1H/t10?,11-;/m1./s1. The predicted molar refractivity (Wildman–Crippen MR) is 76.0 cm³/mol. The topological polar surface area (TPSA) is 61.4 Å². The summed E-state index contributed by atoms with van der Waals surface area (Å²) in [5.41, 5.74) is -0.0571. The van der Waals surface area contributed by atoms with E-state index >= 15 is 0 Å². The van der Waals surface area contributed by atoms with Crippen LogP contribution < -0.4 is 10.6 Å².